The number of hydrogen-bond donors (Lipinski definition) is 2. The molecule has 0 radical (unpaired) electrons. The van der Waals surface area contributed by atoms with Crippen LogP contribution in [0.4, 0.5) is 0 Å². The molecule has 1 aromatic rings. The maximum Gasteiger partial charge on any atom is 0.186 e. The minimum absolute atomic E-state index is 0.0679. The van der Waals surface area contributed by atoms with Gasteiger partial charge in [0.2, 0.25) is 0 Å². The van der Waals surface area contributed by atoms with Gasteiger partial charge in [-0.1, -0.05) is 0 Å². The molecule has 5 nitrogen and oxygen atoms in total. The molecule has 0 atom stereocenters. The van der Waals surface area contributed by atoms with Gasteiger partial charge in [0.25, 0.3) is 0 Å². The highest BCUT2D eigenvalue weighted by Crippen LogP contribution is 2.22. The zero-order valence-corrected chi connectivity index (χ0v) is 10.6. The maximum absolute atomic E-state index is 11.8. The SMILES string of the molecule is Cc1ncc(CO)c(/C=[N+](\[O-])C(C)(C)C)c1O. The Hall–Kier alpha value is -1.62. The van der Waals surface area contributed by atoms with E-state index in [4.69, 9.17) is 5.11 Å². The van der Waals surface area contributed by atoms with Crippen LogP contribution in [-0.4, -0.2) is 31.7 Å². The van der Waals surface area contributed by atoms with E-state index in [9.17, 15) is 10.3 Å². The third-order valence-corrected chi connectivity index (χ3v) is 2.44. The highest BCUT2D eigenvalue weighted by molar-refractivity contribution is 5.82. The zero-order chi connectivity index (χ0) is 13.2. The van der Waals surface area contributed by atoms with Gasteiger partial charge in [-0.2, -0.15) is 0 Å². The fourth-order valence-electron chi connectivity index (χ4n) is 1.23. The highest BCUT2D eigenvalue weighted by atomic mass is 16.5. The third kappa shape index (κ3) is 2.94. The van der Waals surface area contributed by atoms with Crippen molar-refractivity contribution in [2.45, 2.75) is 39.8 Å². The molecular formula is C12H18N2O3. The molecule has 5 heteroatoms. The van der Waals surface area contributed by atoms with Crippen LogP contribution in [0, 0.1) is 12.1 Å². The van der Waals surface area contributed by atoms with Crippen LogP contribution in [0.15, 0.2) is 6.20 Å². The number of aromatic hydroxyl groups is 1. The van der Waals surface area contributed by atoms with Crippen molar-refractivity contribution in [1.29, 1.82) is 0 Å². The Morgan fingerprint density at radius 2 is 2.06 bits per heavy atom. The van der Waals surface area contributed by atoms with Gasteiger partial charge in [0.05, 0.1) is 17.9 Å². The molecule has 0 fully saturated rings. The molecule has 0 bridgehead atoms. The van der Waals surface area contributed by atoms with E-state index in [2.05, 4.69) is 4.98 Å². The monoisotopic (exact) mass is 238 g/mol. The van der Waals surface area contributed by atoms with Crippen LogP contribution in [0.25, 0.3) is 0 Å². The third-order valence-electron chi connectivity index (χ3n) is 2.44. The van der Waals surface area contributed by atoms with Crippen LogP contribution in [0.5, 0.6) is 5.75 Å². The van der Waals surface area contributed by atoms with Gasteiger partial charge in [-0.25, -0.2) is 4.74 Å². The lowest BCUT2D eigenvalue weighted by molar-refractivity contribution is -0.530. The minimum atomic E-state index is -0.601. The Balaban J connectivity index is 3.35. The van der Waals surface area contributed by atoms with Gasteiger partial charge in [0, 0.05) is 32.5 Å². The second-order valence-electron chi connectivity index (χ2n) is 4.91. The molecule has 0 unspecified atom stereocenters. The number of nitrogens with zero attached hydrogens (tertiary/aromatic N) is 2. The summed E-state index contributed by atoms with van der Waals surface area (Å²) in [7, 11) is 0. The fourth-order valence-corrected chi connectivity index (χ4v) is 1.23. The molecule has 1 rings (SSSR count). The van der Waals surface area contributed by atoms with Gasteiger partial charge in [0.15, 0.2) is 11.8 Å². The summed E-state index contributed by atoms with van der Waals surface area (Å²) in [6, 6.07) is 0. The van der Waals surface area contributed by atoms with Crippen molar-refractivity contribution >= 4 is 6.21 Å². The number of rotatable bonds is 2. The molecular weight excluding hydrogens is 220 g/mol. The number of hydroxylamine groups is 1. The lowest BCUT2D eigenvalue weighted by Crippen LogP contribution is -2.29. The Kier molecular flexibility index (Phi) is 3.72. The molecule has 0 spiro atoms. The highest BCUT2D eigenvalue weighted by Gasteiger charge is 2.20. The summed E-state index contributed by atoms with van der Waals surface area (Å²) in [6.07, 6.45) is 2.74. The molecule has 1 heterocycles. The maximum atomic E-state index is 11.8. The van der Waals surface area contributed by atoms with E-state index in [0.29, 0.717) is 16.8 Å². The number of hydrogen-bond acceptors (Lipinski definition) is 4. The van der Waals surface area contributed by atoms with E-state index in [1.165, 1.54) is 12.4 Å². The molecule has 94 valence electrons. The van der Waals surface area contributed by atoms with Crippen molar-refractivity contribution in [2.24, 2.45) is 0 Å². The molecule has 0 aliphatic carbocycles. The van der Waals surface area contributed by atoms with Crippen molar-refractivity contribution in [2.75, 3.05) is 0 Å². The van der Waals surface area contributed by atoms with E-state index in [0.717, 1.165) is 4.74 Å². The summed E-state index contributed by atoms with van der Waals surface area (Å²) in [5, 5.41) is 30.8. The van der Waals surface area contributed by atoms with Crippen LogP contribution in [-0.2, 0) is 6.61 Å². The van der Waals surface area contributed by atoms with Gasteiger partial charge >= 0.3 is 0 Å². The molecule has 0 aliphatic rings. The van der Waals surface area contributed by atoms with Gasteiger partial charge in [0.1, 0.15) is 5.75 Å². The number of pyridine rings is 1. The second-order valence-corrected chi connectivity index (χ2v) is 4.91. The van der Waals surface area contributed by atoms with E-state index >= 15 is 0 Å². The average Bonchev–Trinajstić information content (AvgIpc) is 2.23. The summed E-state index contributed by atoms with van der Waals surface area (Å²) in [4.78, 5) is 3.93. The number of aryl methyl sites for hydroxylation is 1. The first-order valence-corrected chi connectivity index (χ1v) is 5.37. The van der Waals surface area contributed by atoms with Crippen molar-refractivity contribution in [3.05, 3.63) is 28.2 Å². The largest absolute Gasteiger partial charge is 0.623 e. The second kappa shape index (κ2) is 4.71. The van der Waals surface area contributed by atoms with Crippen molar-refractivity contribution in [3.63, 3.8) is 0 Å². The molecule has 2 N–H and O–H groups in total. The van der Waals surface area contributed by atoms with Crippen LogP contribution < -0.4 is 0 Å². The quantitative estimate of drug-likeness (QED) is 0.352. The van der Waals surface area contributed by atoms with E-state index < -0.39 is 5.54 Å². The Morgan fingerprint density at radius 3 is 2.53 bits per heavy atom. The topological polar surface area (TPSA) is 79.4 Å². The summed E-state index contributed by atoms with van der Waals surface area (Å²) in [5.74, 6) is -0.0679. The summed E-state index contributed by atoms with van der Waals surface area (Å²) in [5.41, 5.74) is 0.579. The first-order valence-electron chi connectivity index (χ1n) is 5.37. The van der Waals surface area contributed by atoms with E-state index in [1.54, 1.807) is 27.7 Å². The van der Waals surface area contributed by atoms with Crippen LogP contribution in [0.3, 0.4) is 0 Å². The summed E-state index contributed by atoms with van der Waals surface area (Å²) >= 11 is 0. The molecule has 0 saturated heterocycles. The average molecular weight is 238 g/mol. The molecule has 0 saturated carbocycles. The zero-order valence-electron chi connectivity index (χ0n) is 10.6. The lowest BCUT2D eigenvalue weighted by Gasteiger charge is -2.19. The van der Waals surface area contributed by atoms with Crippen LogP contribution in [0.2, 0.25) is 0 Å². The molecule has 0 amide bonds. The van der Waals surface area contributed by atoms with E-state index in [-0.39, 0.29) is 12.4 Å². The van der Waals surface area contributed by atoms with Gasteiger partial charge in [-0.3, -0.25) is 4.98 Å². The van der Waals surface area contributed by atoms with Crippen LogP contribution in [0.1, 0.15) is 37.6 Å². The van der Waals surface area contributed by atoms with Crippen molar-refractivity contribution in [3.8, 4) is 5.75 Å². The molecule has 0 aromatic carbocycles. The number of aromatic nitrogens is 1. The molecule has 17 heavy (non-hydrogen) atoms. The number of aliphatic hydroxyl groups is 1. The predicted molar refractivity (Wildman–Crippen MR) is 65.1 cm³/mol. The van der Waals surface area contributed by atoms with Gasteiger partial charge in [-0.05, 0) is 6.92 Å². The Bertz CT molecular complexity index is 448. The Labute approximate surface area is 101 Å². The predicted octanol–water partition coefficient (Wildman–Crippen LogP) is 1.32. The van der Waals surface area contributed by atoms with Gasteiger partial charge in [-0.15, -0.1) is 0 Å². The first-order chi connectivity index (χ1) is 7.77. The summed E-state index contributed by atoms with van der Waals surface area (Å²) < 4.78 is 0.751. The summed E-state index contributed by atoms with van der Waals surface area (Å²) in [6.45, 7) is 6.66. The van der Waals surface area contributed by atoms with Gasteiger partial charge < -0.3 is 15.4 Å². The first kappa shape index (κ1) is 13.4. The standard InChI is InChI=1S/C12H18N2O3/c1-8-11(16)10(9(7-15)5-13-8)6-14(17)12(2,3)4/h5-6,15-16H,7H2,1-4H3/b14-6-. The normalized spacial score (nSPS) is 12.9. The van der Waals surface area contributed by atoms with E-state index in [1.807, 2.05) is 0 Å². The number of aliphatic hydroxyl groups excluding tert-OH is 1. The Morgan fingerprint density at radius 1 is 1.47 bits per heavy atom. The molecule has 0 aliphatic heterocycles. The van der Waals surface area contributed by atoms with Crippen molar-refractivity contribution in [1.82, 2.24) is 4.98 Å². The fraction of sp³-hybridized carbons (Fsp3) is 0.500. The van der Waals surface area contributed by atoms with Crippen molar-refractivity contribution < 1.29 is 15.0 Å². The molecule has 1 aromatic heterocycles. The minimum Gasteiger partial charge on any atom is -0.623 e. The smallest absolute Gasteiger partial charge is 0.186 e. The van der Waals surface area contributed by atoms with Crippen LogP contribution >= 0.6 is 0 Å². The lowest BCUT2D eigenvalue weighted by atomic mass is 10.1.